The van der Waals surface area contributed by atoms with Gasteiger partial charge in [-0.1, -0.05) is 42.1 Å². The van der Waals surface area contributed by atoms with Gasteiger partial charge in [-0.25, -0.2) is 18.1 Å². The van der Waals surface area contributed by atoms with Gasteiger partial charge in [0.2, 0.25) is 0 Å². The first-order valence-corrected chi connectivity index (χ1v) is 9.34. The van der Waals surface area contributed by atoms with E-state index in [0.717, 1.165) is 42.1 Å². The molecule has 0 N–H and O–H groups in total. The van der Waals surface area contributed by atoms with Gasteiger partial charge in [0.05, 0.1) is 16.2 Å². The number of carbonyl (C=O) groups excluding carboxylic acids is 2. The molecule has 0 atom stereocenters. The van der Waals surface area contributed by atoms with Gasteiger partial charge in [-0.05, 0) is 42.0 Å². The van der Waals surface area contributed by atoms with Crippen molar-refractivity contribution in [3.05, 3.63) is 101 Å². The van der Waals surface area contributed by atoms with Gasteiger partial charge < -0.3 is 0 Å². The molecule has 144 valence electrons. The summed E-state index contributed by atoms with van der Waals surface area (Å²) >= 11 is 1.04. The molecule has 1 aliphatic rings. The Morgan fingerprint density at radius 3 is 2.07 bits per heavy atom. The van der Waals surface area contributed by atoms with Gasteiger partial charge >= 0.3 is 0 Å². The predicted octanol–water partition coefficient (Wildman–Crippen LogP) is 5.18. The summed E-state index contributed by atoms with van der Waals surface area (Å²) in [5.74, 6) is -3.76. The fourth-order valence-electron chi connectivity index (χ4n) is 2.96. The molecule has 3 nitrogen and oxygen atoms in total. The Labute approximate surface area is 168 Å². The molecule has 7 heteroatoms. The van der Waals surface area contributed by atoms with Crippen LogP contribution in [0.5, 0.6) is 0 Å². The second-order valence-corrected chi connectivity index (χ2v) is 7.25. The van der Waals surface area contributed by atoms with E-state index >= 15 is 0 Å². The fraction of sp³-hybridized carbons (Fsp3) is 0. The highest BCUT2D eigenvalue weighted by molar-refractivity contribution is 8.04. The minimum absolute atomic E-state index is 0.00696. The van der Waals surface area contributed by atoms with Gasteiger partial charge in [0, 0.05) is 11.0 Å². The Morgan fingerprint density at radius 2 is 1.38 bits per heavy atom. The molecule has 0 radical (unpaired) electrons. The average molecular weight is 411 g/mol. The summed E-state index contributed by atoms with van der Waals surface area (Å²) in [7, 11) is 0. The van der Waals surface area contributed by atoms with Crippen molar-refractivity contribution < 1.29 is 22.8 Å². The second kappa shape index (κ2) is 7.60. The van der Waals surface area contributed by atoms with Crippen molar-refractivity contribution in [3.8, 4) is 0 Å². The molecule has 3 aromatic carbocycles. The first-order valence-electron chi connectivity index (χ1n) is 8.52. The quantitative estimate of drug-likeness (QED) is 0.555. The van der Waals surface area contributed by atoms with E-state index in [2.05, 4.69) is 0 Å². The molecule has 0 unspecified atom stereocenters. The van der Waals surface area contributed by atoms with Crippen molar-refractivity contribution in [1.29, 1.82) is 0 Å². The van der Waals surface area contributed by atoms with Crippen LogP contribution < -0.4 is 4.90 Å². The zero-order valence-corrected chi connectivity index (χ0v) is 15.6. The predicted molar refractivity (Wildman–Crippen MR) is 104 cm³/mol. The Hall–Kier alpha value is -3.32. The van der Waals surface area contributed by atoms with Crippen LogP contribution in [0.3, 0.4) is 0 Å². The van der Waals surface area contributed by atoms with E-state index in [1.165, 1.54) is 12.1 Å². The highest BCUT2D eigenvalue weighted by atomic mass is 32.2. The summed E-state index contributed by atoms with van der Waals surface area (Å²) < 4.78 is 41.4. The van der Waals surface area contributed by atoms with E-state index in [0.29, 0.717) is 15.4 Å². The molecule has 4 rings (SSSR count). The number of halogens is 3. The number of imide groups is 1. The maximum absolute atomic E-state index is 14.3. The third-order valence-corrected chi connectivity index (χ3v) is 5.38. The molecule has 0 bridgehead atoms. The lowest BCUT2D eigenvalue weighted by Gasteiger charge is -2.16. The molecule has 29 heavy (non-hydrogen) atoms. The van der Waals surface area contributed by atoms with Gasteiger partial charge in [-0.15, -0.1) is 0 Å². The summed E-state index contributed by atoms with van der Waals surface area (Å²) in [5.41, 5.74) is -0.154. The van der Waals surface area contributed by atoms with Crippen molar-refractivity contribution in [2.24, 2.45) is 0 Å². The number of carbonyl (C=O) groups is 2. The summed E-state index contributed by atoms with van der Waals surface area (Å²) in [5, 5.41) is 0. The van der Waals surface area contributed by atoms with Gasteiger partial charge in [-0.2, -0.15) is 0 Å². The molecule has 0 aliphatic carbocycles. The number of benzene rings is 3. The lowest BCUT2D eigenvalue weighted by molar-refractivity contribution is -0.119. The highest BCUT2D eigenvalue weighted by Gasteiger charge is 2.41. The van der Waals surface area contributed by atoms with Crippen LogP contribution in [0, 0.1) is 17.5 Å². The lowest BCUT2D eigenvalue weighted by Crippen LogP contribution is -2.32. The van der Waals surface area contributed by atoms with Crippen LogP contribution in [-0.4, -0.2) is 11.8 Å². The fourth-order valence-corrected chi connectivity index (χ4v) is 3.97. The van der Waals surface area contributed by atoms with Crippen molar-refractivity contribution in [2.45, 2.75) is 4.90 Å². The standard InChI is InChI=1S/C22H12F3NO2S/c23-14-8-6-13(7-9-14)19-20(29-16-4-2-1-3-5-16)22(28)26(21(19)27)18-12-15(24)10-11-17(18)25/h1-12H. The lowest BCUT2D eigenvalue weighted by atomic mass is 10.1. The van der Waals surface area contributed by atoms with E-state index < -0.39 is 35.0 Å². The second-order valence-electron chi connectivity index (χ2n) is 6.17. The van der Waals surface area contributed by atoms with Crippen LogP contribution in [0.4, 0.5) is 18.9 Å². The third-order valence-electron chi connectivity index (χ3n) is 4.29. The van der Waals surface area contributed by atoms with Gasteiger partial charge in [0.15, 0.2) is 0 Å². The molecular weight excluding hydrogens is 399 g/mol. The van der Waals surface area contributed by atoms with Gasteiger partial charge in [0.1, 0.15) is 17.5 Å². The molecule has 0 fully saturated rings. The molecule has 0 aromatic heterocycles. The Morgan fingerprint density at radius 1 is 0.724 bits per heavy atom. The molecule has 1 heterocycles. The monoisotopic (exact) mass is 411 g/mol. The third kappa shape index (κ3) is 3.56. The van der Waals surface area contributed by atoms with Crippen LogP contribution in [0.2, 0.25) is 0 Å². The van der Waals surface area contributed by atoms with E-state index in [9.17, 15) is 22.8 Å². The average Bonchev–Trinajstić information content (AvgIpc) is 2.95. The number of amides is 2. The van der Waals surface area contributed by atoms with E-state index in [-0.39, 0.29) is 10.5 Å². The van der Waals surface area contributed by atoms with Crippen LogP contribution >= 0.6 is 11.8 Å². The molecular formula is C22H12F3NO2S. The maximum atomic E-state index is 14.3. The number of hydrogen-bond donors (Lipinski definition) is 0. The zero-order valence-electron chi connectivity index (χ0n) is 14.7. The number of hydrogen-bond acceptors (Lipinski definition) is 3. The smallest absolute Gasteiger partial charge is 0.268 e. The van der Waals surface area contributed by atoms with Crippen LogP contribution in [-0.2, 0) is 9.59 Å². The summed E-state index contributed by atoms with van der Waals surface area (Å²) in [6.07, 6.45) is 0. The number of nitrogens with zero attached hydrogens (tertiary/aromatic N) is 1. The molecule has 2 amide bonds. The van der Waals surface area contributed by atoms with E-state index in [4.69, 9.17) is 0 Å². The minimum atomic E-state index is -0.905. The Bertz CT molecular complexity index is 1140. The maximum Gasteiger partial charge on any atom is 0.273 e. The van der Waals surface area contributed by atoms with Crippen molar-refractivity contribution >= 4 is 34.8 Å². The van der Waals surface area contributed by atoms with Gasteiger partial charge in [-0.3, -0.25) is 9.59 Å². The number of thioether (sulfide) groups is 1. The normalized spacial score (nSPS) is 14.1. The van der Waals surface area contributed by atoms with Crippen molar-refractivity contribution in [2.75, 3.05) is 4.90 Å². The summed E-state index contributed by atoms with van der Waals surface area (Å²) in [6, 6.07) is 16.5. The van der Waals surface area contributed by atoms with Crippen LogP contribution in [0.15, 0.2) is 82.6 Å². The van der Waals surface area contributed by atoms with Gasteiger partial charge in [0.25, 0.3) is 11.8 Å². The van der Waals surface area contributed by atoms with E-state index in [1.807, 2.05) is 0 Å². The highest BCUT2D eigenvalue weighted by Crippen LogP contribution is 2.41. The summed E-state index contributed by atoms with van der Waals surface area (Å²) in [4.78, 5) is 27.6. The van der Waals surface area contributed by atoms with Crippen LogP contribution in [0.25, 0.3) is 5.57 Å². The zero-order chi connectivity index (χ0) is 20.5. The minimum Gasteiger partial charge on any atom is -0.268 e. The van der Waals surface area contributed by atoms with Crippen LogP contribution in [0.1, 0.15) is 5.56 Å². The number of anilines is 1. The van der Waals surface area contributed by atoms with Crippen molar-refractivity contribution in [3.63, 3.8) is 0 Å². The topological polar surface area (TPSA) is 37.4 Å². The SMILES string of the molecule is O=C1C(Sc2ccccc2)=C(c2ccc(F)cc2)C(=O)N1c1cc(F)ccc1F. The van der Waals surface area contributed by atoms with Crippen molar-refractivity contribution in [1.82, 2.24) is 0 Å². The molecule has 0 spiro atoms. The largest absolute Gasteiger partial charge is 0.273 e. The molecule has 1 aliphatic heterocycles. The first-order chi connectivity index (χ1) is 14.0. The van der Waals surface area contributed by atoms with E-state index in [1.54, 1.807) is 30.3 Å². The Kier molecular flexibility index (Phi) is 4.98. The molecule has 3 aromatic rings. The summed E-state index contributed by atoms with van der Waals surface area (Å²) in [6.45, 7) is 0. The molecule has 0 saturated heterocycles. The number of rotatable bonds is 4. The Balaban J connectivity index is 1.85. The molecule has 0 saturated carbocycles. The first kappa shape index (κ1) is 19.0.